The summed E-state index contributed by atoms with van der Waals surface area (Å²) >= 11 is 0. The lowest BCUT2D eigenvalue weighted by molar-refractivity contribution is 0.0487. The fourth-order valence-corrected chi connectivity index (χ4v) is 5.06. The maximum absolute atomic E-state index is 14.0. The summed E-state index contributed by atoms with van der Waals surface area (Å²) in [7, 11) is 2.04. The minimum atomic E-state index is -0.602. The van der Waals surface area contributed by atoms with E-state index in [0.29, 0.717) is 25.7 Å². The Morgan fingerprint density at radius 1 is 1.06 bits per heavy atom. The van der Waals surface area contributed by atoms with Gasteiger partial charge in [-0.25, -0.2) is 19.0 Å². The van der Waals surface area contributed by atoms with Crippen LogP contribution in [0.2, 0.25) is 0 Å². The SMILES string of the molecule is CN1CCC(n2c(=O)n([C@H]3CC[C@@H](NC(=O)OC(C)(C)C)CC3)c(=O)c3cc(F)cnc32)CC1. The van der Waals surface area contributed by atoms with E-state index in [4.69, 9.17) is 4.74 Å². The molecule has 2 fully saturated rings. The highest BCUT2D eigenvalue weighted by Crippen LogP contribution is 2.29. The van der Waals surface area contributed by atoms with Crippen molar-refractivity contribution in [1.82, 2.24) is 24.3 Å². The van der Waals surface area contributed by atoms with E-state index < -0.39 is 23.1 Å². The molecule has 1 saturated heterocycles. The van der Waals surface area contributed by atoms with Crippen LogP contribution in [-0.4, -0.2) is 56.9 Å². The van der Waals surface area contributed by atoms with E-state index in [1.807, 2.05) is 27.8 Å². The van der Waals surface area contributed by atoms with Crippen molar-refractivity contribution in [1.29, 1.82) is 0 Å². The number of nitrogens with zero attached hydrogens (tertiary/aromatic N) is 4. The molecule has 2 aromatic rings. The molecule has 0 spiro atoms. The van der Waals surface area contributed by atoms with Gasteiger partial charge in [0.15, 0.2) is 0 Å². The van der Waals surface area contributed by atoms with Crippen molar-refractivity contribution in [2.75, 3.05) is 20.1 Å². The number of fused-ring (bicyclic) bond motifs is 1. The zero-order valence-corrected chi connectivity index (χ0v) is 20.3. The lowest BCUT2D eigenvalue weighted by atomic mass is 9.91. The molecule has 0 atom stereocenters. The van der Waals surface area contributed by atoms with Gasteiger partial charge in [-0.2, -0.15) is 0 Å². The Balaban J connectivity index is 1.63. The number of carbonyl (C=O) groups is 1. The number of likely N-dealkylation sites (tertiary alicyclic amines) is 1. The van der Waals surface area contributed by atoms with Gasteiger partial charge in [0.05, 0.1) is 11.6 Å². The summed E-state index contributed by atoms with van der Waals surface area (Å²) in [6.45, 7) is 7.09. The predicted octanol–water partition coefficient (Wildman–Crippen LogP) is 2.97. The first kappa shape index (κ1) is 24.4. The van der Waals surface area contributed by atoms with Crippen LogP contribution in [0.4, 0.5) is 9.18 Å². The van der Waals surface area contributed by atoms with Gasteiger partial charge < -0.3 is 15.0 Å². The van der Waals surface area contributed by atoms with Crippen LogP contribution in [0.15, 0.2) is 21.9 Å². The molecule has 1 aliphatic heterocycles. The maximum Gasteiger partial charge on any atom is 0.407 e. The number of carbonyl (C=O) groups excluding carboxylic acids is 1. The molecular formula is C24H34FN5O4. The van der Waals surface area contributed by atoms with Gasteiger partial charge in [0.2, 0.25) is 0 Å². The summed E-state index contributed by atoms with van der Waals surface area (Å²) in [5.41, 5.74) is -1.21. The van der Waals surface area contributed by atoms with Crippen LogP contribution in [-0.2, 0) is 4.74 Å². The number of rotatable bonds is 3. The molecule has 0 aromatic carbocycles. The van der Waals surface area contributed by atoms with Gasteiger partial charge in [0, 0.05) is 18.1 Å². The number of piperidine rings is 1. The standard InChI is InChI=1S/C24H34FN5O4/c1-24(2,3)34-22(32)27-16-5-7-17(8-6-16)30-21(31)19-13-15(25)14-26-20(19)29(23(30)33)18-9-11-28(4)12-10-18/h13-14,16-18H,5-12H2,1-4H3,(H,27,32)/t16-,17+. The van der Waals surface area contributed by atoms with Crippen molar-refractivity contribution in [3.8, 4) is 0 Å². The predicted molar refractivity (Wildman–Crippen MR) is 127 cm³/mol. The third-order valence-electron chi connectivity index (χ3n) is 6.76. The smallest absolute Gasteiger partial charge is 0.407 e. The highest BCUT2D eigenvalue weighted by atomic mass is 19.1. The van der Waals surface area contributed by atoms with E-state index in [2.05, 4.69) is 15.2 Å². The highest BCUT2D eigenvalue weighted by molar-refractivity contribution is 5.73. The largest absolute Gasteiger partial charge is 0.444 e. The van der Waals surface area contributed by atoms with E-state index in [9.17, 15) is 18.8 Å². The fourth-order valence-electron chi connectivity index (χ4n) is 5.06. The normalized spacial score (nSPS) is 22.6. The minimum absolute atomic E-state index is 0.0857. The summed E-state index contributed by atoms with van der Waals surface area (Å²) in [6.07, 6.45) is 4.45. The Hall–Kier alpha value is -2.75. The quantitative estimate of drug-likeness (QED) is 0.733. The zero-order valence-electron chi connectivity index (χ0n) is 20.3. The van der Waals surface area contributed by atoms with Crippen LogP contribution < -0.4 is 16.6 Å². The molecule has 1 amide bonds. The van der Waals surface area contributed by atoms with Crippen molar-refractivity contribution in [3.05, 3.63) is 38.9 Å². The monoisotopic (exact) mass is 475 g/mol. The van der Waals surface area contributed by atoms with E-state index in [-0.39, 0.29) is 34.8 Å². The molecule has 1 N–H and O–H groups in total. The molecule has 0 unspecified atom stereocenters. The number of amides is 1. The molecule has 1 aliphatic carbocycles. The molecular weight excluding hydrogens is 441 g/mol. The number of alkyl carbamates (subject to hydrolysis) is 1. The van der Waals surface area contributed by atoms with Crippen LogP contribution >= 0.6 is 0 Å². The van der Waals surface area contributed by atoms with E-state index in [0.717, 1.165) is 32.1 Å². The first-order chi connectivity index (χ1) is 16.0. The summed E-state index contributed by atoms with van der Waals surface area (Å²) in [4.78, 5) is 45.5. The van der Waals surface area contributed by atoms with Gasteiger partial charge in [-0.1, -0.05) is 0 Å². The molecule has 2 aromatic heterocycles. The minimum Gasteiger partial charge on any atom is -0.444 e. The van der Waals surface area contributed by atoms with Crippen molar-refractivity contribution in [3.63, 3.8) is 0 Å². The second-order valence-corrected chi connectivity index (χ2v) is 10.5. The summed E-state index contributed by atoms with van der Waals surface area (Å²) < 4.78 is 22.3. The maximum atomic E-state index is 14.0. The van der Waals surface area contributed by atoms with Gasteiger partial charge in [-0.3, -0.25) is 13.9 Å². The highest BCUT2D eigenvalue weighted by Gasteiger charge is 2.30. The molecule has 3 heterocycles. The number of hydrogen-bond donors (Lipinski definition) is 1. The topological polar surface area (TPSA) is 98.5 Å². The Labute approximate surface area is 197 Å². The summed E-state index contributed by atoms with van der Waals surface area (Å²) in [5, 5.41) is 3.02. The van der Waals surface area contributed by atoms with Crippen molar-refractivity contribution in [2.45, 2.75) is 83.0 Å². The third kappa shape index (κ3) is 5.16. The van der Waals surface area contributed by atoms with Crippen LogP contribution in [0.5, 0.6) is 0 Å². The second kappa shape index (κ2) is 9.48. The molecule has 2 aliphatic rings. The third-order valence-corrected chi connectivity index (χ3v) is 6.76. The van der Waals surface area contributed by atoms with E-state index in [1.165, 1.54) is 10.6 Å². The van der Waals surface area contributed by atoms with Gasteiger partial charge in [0.1, 0.15) is 17.1 Å². The molecule has 4 rings (SSSR count). The average Bonchev–Trinajstić information content (AvgIpc) is 2.75. The molecule has 10 heteroatoms. The number of ether oxygens (including phenoxy) is 1. The van der Waals surface area contributed by atoms with Crippen molar-refractivity contribution < 1.29 is 13.9 Å². The van der Waals surface area contributed by atoms with Crippen LogP contribution in [0.3, 0.4) is 0 Å². The van der Waals surface area contributed by atoms with E-state index >= 15 is 0 Å². The Kier molecular flexibility index (Phi) is 6.80. The number of pyridine rings is 1. The first-order valence-electron chi connectivity index (χ1n) is 12.0. The van der Waals surface area contributed by atoms with Gasteiger partial charge in [0.25, 0.3) is 5.56 Å². The number of aromatic nitrogens is 3. The Morgan fingerprint density at radius 3 is 2.29 bits per heavy atom. The fraction of sp³-hybridized carbons (Fsp3) is 0.667. The molecule has 9 nitrogen and oxygen atoms in total. The summed E-state index contributed by atoms with van der Waals surface area (Å²) in [5.74, 6) is -0.602. The first-order valence-corrected chi connectivity index (χ1v) is 12.0. The van der Waals surface area contributed by atoms with Crippen LogP contribution in [0.1, 0.15) is 71.4 Å². The second-order valence-electron chi connectivity index (χ2n) is 10.5. The van der Waals surface area contributed by atoms with E-state index in [1.54, 1.807) is 4.57 Å². The molecule has 34 heavy (non-hydrogen) atoms. The molecule has 0 bridgehead atoms. The number of hydrogen-bond acceptors (Lipinski definition) is 6. The van der Waals surface area contributed by atoms with Crippen LogP contribution in [0, 0.1) is 5.82 Å². The van der Waals surface area contributed by atoms with Crippen molar-refractivity contribution in [2.24, 2.45) is 0 Å². The zero-order chi connectivity index (χ0) is 24.6. The Morgan fingerprint density at radius 2 is 1.68 bits per heavy atom. The lowest BCUT2D eigenvalue weighted by Gasteiger charge is -2.33. The summed E-state index contributed by atoms with van der Waals surface area (Å²) in [6, 6.07) is 0.683. The molecule has 186 valence electrons. The van der Waals surface area contributed by atoms with Crippen LogP contribution in [0.25, 0.3) is 11.0 Å². The van der Waals surface area contributed by atoms with Gasteiger partial charge in [-0.15, -0.1) is 0 Å². The molecule has 1 saturated carbocycles. The number of halogens is 1. The van der Waals surface area contributed by atoms with Gasteiger partial charge >= 0.3 is 11.8 Å². The van der Waals surface area contributed by atoms with Gasteiger partial charge in [-0.05, 0) is 85.5 Å². The average molecular weight is 476 g/mol. The Bertz CT molecular complexity index is 1170. The number of nitrogens with one attached hydrogen (secondary N) is 1. The lowest BCUT2D eigenvalue weighted by Crippen LogP contribution is -2.47. The molecule has 0 radical (unpaired) electrons. The van der Waals surface area contributed by atoms with Crippen molar-refractivity contribution >= 4 is 17.1 Å².